The van der Waals surface area contributed by atoms with Crippen molar-refractivity contribution in [3.63, 3.8) is 0 Å². The van der Waals surface area contributed by atoms with Gasteiger partial charge in [-0.25, -0.2) is 14.8 Å². The number of pyridine rings is 2. The minimum Gasteiger partial charge on any atom is -0.462 e. The first-order chi connectivity index (χ1) is 18.3. The highest BCUT2D eigenvalue weighted by Gasteiger charge is 2.30. The first-order valence-corrected chi connectivity index (χ1v) is 13.7. The molecule has 38 heavy (non-hydrogen) atoms. The summed E-state index contributed by atoms with van der Waals surface area (Å²) < 4.78 is 5.06. The predicted molar refractivity (Wildman–Crippen MR) is 151 cm³/mol. The second-order valence-electron chi connectivity index (χ2n) is 9.73. The number of carbonyl (C=O) groups excluding carboxylic acids is 1. The van der Waals surface area contributed by atoms with Gasteiger partial charge in [0.05, 0.1) is 27.9 Å². The molecule has 2 aliphatic heterocycles. The smallest absolute Gasteiger partial charge is 0.339 e. The zero-order valence-corrected chi connectivity index (χ0v) is 23.3. The third kappa shape index (κ3) is 5.49. The van der Waals surface area contributed by atoms with Crippen LogP contribution < -0.4 is 14.7 Å². The van der Waals surface area contributed by atoms with Crippen LogP contribution in [0.4, 0.5) is 17.6 Å². The number of aromatic nitrogens is 4. The van der Waals surface area contributed by atoms with Gasteiger partial charge >= 0.3 is 5.97 Å². The second kappa shape index (κ2) is 11.3. The zero-order chi connectivity index (χ0) is 26.8. The molecule has 11 heteroatoms. The van der Waals surface area contributed by atoms with Gasteiger partial charge in [-0.05, 0) is 45.7 Å². The first kappa shape index (κ1) is 26.4. The second-order valence-corrected chi connectivity index (χ2v) is 10.6. The summed E-state index contributed by atoms with van der Waals surface area (Å²) in [6.45, 7) is 9.49. The zero-order valence-electron chi connectivity index (χ0n) is 21.8. The number of anilines is 3. The topological polar surface area (TPSA) is 87.6 Å². The van der Waals surface area contributed by atoms with E-state index in [-0.39, 0.29) is 6.04 Å². The summed E-state index contributed by atoms with van der Waals surface area (Å²) in [4.78, 5) is 37.5. The van der Waals surface area contributed by atoms with E-state index in [0.29, 0.717) is 47.2 Å². The third-order valence-corrected chi connectivity index (χ3v) is 7.55. The van der Waals surface area contributed by atoms with E-state index in [4.69, 9.17) is 37.9 Å². The largest absolute Gasteiger partial charge is 0.462 e. The molecule has 3 aromatic rings. The van der Waals surface area contributed by atoms with Crippen LogP contribution in [0.3, 0.4) is 0 Å². The molecule has 2 atom stereocenters. The van der Waals surface area contributed by atoms with Crippen LogP contribution in [0.15, 0.2) is 36.8 Å². The van der Waals surface area contributed by atoms with E-state index in [9.17, 15) is 4.79 Å². The molecule has 5 heterocycles. The molecule has 2 fully saturated rings. The summed E-state index contributed by atoms with van der Waals surface area (Å²) in [5, 5.41) is 0.998. The highest BCUT2D eigenvalue weighted by molar-refractivity contribution is 6.33. The maximum Gasteiger partial charge on any atom is 0.339 e. The highest BCUT2D eigenvalue weighted by Crippen LogP contribution is 2.32. The van der Waals surface area contributed by atoms with E-state index in [1.165, 1.54) is 6.20 Å². The summed E-state index contributed by atoms with van der Waals surface area (Å²) in [5.74, 6) is 1.83. The number of halogens is 2. The molecule has 0 saturated carbocycles. The Morgan fingerprint density at radius 3 is 2.55 bits per heavy atom. The molecular weight excluding hydrogens is 525 g/mol. The first-order valence-electron chi connectivity index (χ1n) is 12.9. The molecule has 2 saturated heterocycles. The number of esters is 1. The maximum atomic E-state index is 12.1. The number of ether oxygens (including phenoxy) is 1. The standard InChI is InChI=1S/C27H31Cl2N7O2/c1-4-38-26(37)20-11-22(29)25(31-14-20)34-8-9-35(18(3)16-34)24-12-23(19-10-21(28)15-30-13-19)32-27(33-24)36-7-5-6-17(36)2/h10-15,17-18H,4-9,16H2,1-3H3. The molecule has 0 N–H and O–H groups in total. The maximum absolute atomic E-state index is 12.1. The fourth-order valence-corrected chi connectivity index (χ4v) is 5.57. The van der Waals surface area contributed by atoms with Gasteiger partial charge in [-0.2, -0.15) is 4.98 Å². The van der Waals surface area contributed by atoms with Crippen molar-refractivity contribution in [1.29, 1.82) is 0 Å². The van der Waals surface area contributed by atoms with Crippen LogP contribution in [0.5, 0.6) is 0 Å². The Hall–Kier alpha value is -3.17. The minimum absolute atomic E-state index is 0.121. The normalized spacial score (nSPS) is 19.7. The predicted octanol–water partition coefficient (Wildman–Crippen LogP) is 5.12. The van der Waals surface area contributed by atoms with E-state index in [0.717, 1.165) is 49.0 Å². The summed E-state index contributed by atoms with van der Waals surface area (Å²) >= 11 is 12.8. The van der Waals surface area contributed by atoms with Crippen LogP contribution in [0.25, 0.3) is 11.3 Å². The minimum atomic E-state index is -0.427. The Morgan fingerprint density at radius 2 is 1.87 bits per heavy atom. The van der Waals surface area contributed by atoms with Gasteiger partial charge in [-0.15, -0.1) is 0 Å². The summed E-state index contributed by atoms with van der Waals surface area (Å²) in [6, 6.07) is 6.03. The highest BCUT2D eigenvalue weighted by atomic mass is 35.5. The van der Waals surface area contributed by atoms with Crippen LogP contribution in [-0.2, 0) is 4.74 Å². The lowest BCUT2D eigenvalue weighted by molar-refractivity contribution is 0.0526. The molecule has 2 unspecified atom stereocenters. The lowest BCUT2D eigenvalue weighted by Gasteiger charge is -2.41. The van der Waals surface area contributed by atoms with Crippen molar-refractivity contribution in [3.8, 4) is 11.3 Å². The molecule has 5 rings (SSSR count). The molecule has 0 spiro atoms. The molecular formula is C27H31Cl2N7O2. The molecule has 0 amide bonds. The fourth-order valence-electron chi connectivity index (χ4n) is 5.11. The molecule has 3 aromatic heterocycles. The van der Waals surface area contributed by atoms with E-state index in [2.05, 4.69) is 38.5 Å². The number of carbonyl (C=O) groups is 1. The Bertz CT molecular complexity index is 1320. The Kier molecular flexibility index (Phi) is 7.85. The molecule has 0 aliphatic carbocycles. The monoisotopic (exact) mass is 555 g/mol. The van der Waals surface area contributed by atoms with Gasteiger partial charge in [-0.1, -0.05) is 23.2 Å². The molecule has 0 aromatic carbocycles. The number of rotatable bonds is 6. The van der Waals surface area contributed by atoms with Gasteiger partial charge in [0.1, 0.15) is 11.6 Å². The SMILES string of the molecule is CCOC(=O)c1cnc(N2CCN(c3cc(-c4cncc(Cl)c4)nc(N4CCCC4C)n3)C(C)C2)c(Cl)c1. The van der Waals surface area contributed by atoms with Crippen molar-refractivity contribution >= 4 is 46.8 Å². The van der Waals surface area contributed by atoms with E-state index >= 15 is 0 Å². The average Bonchev–Trinajstić information content (AvgIpc) is 3.34. The molecule has 0 bridgehead atoms. The number of hydrogen-bond acceptors (Lipinski definition) is 9. The van der Waals surface area contributed by atoms with Crippen LogP contribution in [-0.4, -0.2) is 70.8 Å². The van der Waals surface area contributed by atoms with Crippen LogP contribution in [0, 0.1) is 0 Å². The number of piperazine rings is 1. The van der Waals surface area contributed by atoms with Crippen LogP contribution in [0.2, 0.25) is 10.0 Å². The molecule has 200 valence electrons. The Labute approximate surface area is 232 Å². The van der Waals surface area contributed by atoms with Gasteiger partial charge in [0.15, 0.2) is 0 Å². The van der Waals surface area contributed by atoms with Crippen molar-refractivity contribution in [2.75, 3.05) is 47.5 Å². The van der Waals surface area contributed by atoms with Gasteiger partial charge in [0, 0.05) is 68.5 Å². The van der Waals surface area contributed by atoms with Crippen molar-refractivity contribution in [2.24, 2.45) is 0 Å². The lowest BCUT2D eigenvalue weighted by atomic mass is 10.1. The van der Waals surface area contributed by atoms with Crippen molar-refractivity contribution in [2.45, 2.75) is 45.7 Å². The van der Waals surface area contributed by atoms with Crippen molar-refractivity contribution in [1.82, 2.24) is 19.9 Å². The van der Waals surface area contributed by atoms with Gasteiger partial charge in [-0.3, -0.25) is 4.98 Å². The summed E-state index contributed by atoms with van der Waals surface area (Å²) in [6.07, 6.45) is 7.18. The lowest BCUT2D eigenvalue weighted by Crippen LogP contribution is -2.52. The fraction of sp³-hybridized carbons (Fsp3) is 0.444. The average molecular weight is 556 g/mol. The van der Waals surface area contributed by atoms with E-state index in [1.807, 2.05) is 12.1 Å². The van der Waals surface area contributed by atoms with Crippen molar-refractivity contribution < 1.29 is 9.53 Å². The number of nitrogens with zero attached hydrogens (tertiary/aromatic N) is 7. The Morgan fingerprint density at radius 1 is 1.03 bits per heavy atom. The van der Waals surface area contributed by atoms with Crippen LogP contribution in [0.1, 0.15) is 44.0 Å². The van der Waals surface area contributed by atoms with Crippen molar-refractivity contribution in [3.05, 3.63) is 52.4 Å². The molecule has 9 nitrogen and oxygen atoms in total. The summed E-state index contributed by atoms with van der Waals surface area (Å²) in [5.41, 5.74) is 2.01. The number of hydrogen-bond donors (Lipinski definition) is 0. The van der Waals surface area contributed by atoms with E-state index in [1.54, 1.807) is 25.4 Å². The quantitative estimate of drug-likeness (QED) is 0.384. The van der Waals surface area contributed by atoms with Crippen LogP contribution >= 0.6 is 23.2 Å². The van der Waals surface area contributed by atoms with E-state index < -0.39 is 5.97 Å². The van der Waals surface area contributed by atoms with Gasteiger partial charge in [0.2, 0.25) is 5.95 Å². The Balaban J connectivity index is 1.41. The van der Waals surface area contributed by atoms with Gasteiger partial charge in [0.25, 0.3) is 0 Å². The molecule has 0 radical (unpaired) electrons. The van der Waals surface area contributed by atoms with Gasteiger partial charge < -0.3 is 19.4 Å². The molecule has 2 aliphatic rings. The summed E-state index contributed by atoms with van der Waals surface area (Å²) in [7, 11) is 0. The third-order valence-electron chi connectivity index (χ3n) is 7.07.